The first kappa shape index (κ1) is 13.6. The molecule has 0 fully saturated rings. The average molecular weight is 290 g/mol. The molecule has 0 amide bonds. The maximum Gasteiger partial charge on any atom is 0.144 e. The lowest BCUT2D eigenvalue weighted by molar-refractivity contribution is 0.193. The Balaban J connectivity index is 2.88. The van der Waals surface area contributed by atoms with Gasteiger partial charge in [-0.05, 0) is 27.2 Å². The van der Waals surface area contributed by atoms with Crippen molar-refractivity contribution in [3.8, 4) is 0 Å². The third-order valence-corrected chi connectivity index (χ3v) is 2.84. The molecule has 0 spiro atoms. The summed E-state index contributed by atoms with van der Waals surface area (Å²) in [4.78, 5) is 0. The largest absolute Gasteiger partial charge is 0.385 e. The van der Waals surface area contributed by atoms with Gasteiger partial charge in [0, 0.05) is 25.7 Å². The Bertz CT molecular complexity index is 330. The molecule has 5 heteroatoms. The van der Waals surface area contributed by atoms with E-state index < -0.39 is 0 Å². The van der Waals surface area contributed by atoms with E-state index in [1.807, 2.05) is 0 Å². The zero-order chi connectivity index (χ0) is 12.2. The number of alkyl halides is 1. The van der Waals surface area contributed by atoms with Gasteiger partial charge in [-0.25, -0.2) is 0 Å². The maximum atomic E-state index is 5.06. The summed E-state index contributed by atoms with van der Waals surface area (Å²) in [5.74, 6) is 2.03. The SMILES string of the molecule is COCCCc1nnc(CBr)n1C(C)(C)C. The molecule has 1 heterocycles. The van der Waals surface area contributed by atoms with E-state index in [9.17, 15) is 0 Å². The Kier molecular flexibility index (Phi) is 4.92. The van der Waals surface area contributed by atoms with Crippen LogP contribution < -0.4 is 0 Å². The van der Waals surface area contributed by atoms with Crippen molar-refractivity contribution < 1.29 is 4.74 Å². The molecule has 0 N–H and O–H groups in total. The van der Waals surface area contributed by atoms with Gasteiger partial charge in [-0.2, -0.15) is 0 Å². The lowest BCUT2D eigenvalue weighted by atomic mass is 10.1. The lowest BCUT2D eigenvalue weighted by Gasteiger charge is -2.24. The second kappa shape index (κ2) is 5.77. The number of nitrogens with zero attached hydrogens (tertiary/aromatic N) is 3. The van der Waals surface area contributed by atoms with Gasteiger partial charge in [0.15, 0.2) is 0 Å². The number of ether oxygens (including phenoxy) is 1. The van der Waals surface area contributed by atoms with Crippen molar-refractivity contribution in [2.24, 2.45) is 0 Å². The molecular formula is C11H20BrN3O. The second-order valence-electron chi connectivity index (χ2n) is 4.77. The highest BCUT2D eigenvalue weighted by Crippen LogP contribution is 2.20. The normalized spacial score (nSPS) is 12.1. The van der Waals surface area contributed by atoms with Gasteiger partial charge in [0.25, 0.3) is 0 Å². The van der Waals surface area contributed by atoms with E-state index in [2.05, 4.69) is 51.5 Å². The van der Waals surface area contributed by atoms with E-state index in [0.29, 0.717) is 0 Å². The van der Waals surface area contributed by atoms with Gasteiger partial charge in [-0.3, -0.25) is 0 Å². The summed E-state index contributed by atoms with van der Waals surface area (Å²) in [5.41, 5.74) is 0.0228. The van der Waals surface area contributed by atoms with Crippen molar-refractivity contribution in [1.82, 2.24) is 14.8 Å². The molecule has 0 atom stereocenters. The van der Waals surface area contributed by atoms with Crippen LogP contribution in [0.25, 0.3) is 0 Å². The smallest absolute Gasteiger partial charge is 0.144 e. The number of aryl methyl sites for hydroxylation is 1. The van der Waals surface area contributed by atoms with Crippen molar-refractivity contribution in [2.75, 3.05) is 13.7 Å². The van der Waals surface area contributed by atoms with Crippen LogP contribution in [-0.4, -0.2) is 28.5 Å². The summed E-state index contributed by atoms with van der Waals surface area (Å²) in [7, 11) is 1.72. The van der Waals surface area contributed by atoms with Crippen LogP contribution in [0, 0.1) is 0 Å². The van der Waals surface area contributed by atoms with E-state index in [1.54, 1.807) is 7.11 Å². The van der Waals surface area contributed by atoms with E-state index >= 15 is 0 Å². The number of hydrogen-bond donors (Lipinski definition) is 0. The first-order valence-electron chi connectivity index (χ1n) is 5.49. The summed E-state index contributed by atoms with van der Waals surface area (Å²) < 4.78 is 7.26. The topological polar surface area (TPSA) is 39.9 Å². The lowest BCUT2D eigenvalue weighted by Crippen LogP contribution is -2.26. The first-order chi connectivity index (χ1) is 7.50. The van der Waals surface area contributed by atoms with Gasteiger partial charge in [-0.1, -0.05) is 15.9 Å². The number of methoxy groups -OCH3 is 1. The fourth-order valence-corrected chi connectivity index (χ4v) is 2.11. The summed E-state index contributed by atoms with van der Waals surface area (Å²) in [6.45, 7) is 7.27. The fourth-order valence-electron chi connectivity index (χ4n) is 1.75. The Hall–Kier alpha value is -0.420. The Morgan fingerprint density at radius 1 is 1.25 bits per heavy atom. The monoisotopic (exact) mass is 289 g/mol. The molecule has 0 radical (unpaired) electrons. The van der Waals surface area contributed by atoms with E-state index in [1.165, 1.54) is 0 Å². The third-order valence-electron chi connectivity index (χ3n) is 2.34. The Morgan fingerprint density at radius 3 is 2.38 bits per heavy atom. The number of hydrogen-bond acceptors (Lipinski definition) is 3. The summed E-state index contributed by atoms with van der Waals surface area (Å²) >= 11 is 3.45. The number of aromatic nitrogens is 3. The fraction of sp³-hybridized carbons (Fsp3) is 0.818. The zero-order valence-corrected chi connectivity index (χ0v) is 12.0. The van der Waals surface area contributed by atoms with Crippen molar-refractivity contribution in [1.29, 1.82) is 0 Å². The van der Waals surface area contributed by atoms with Gasteiger partial charge in [0.05, 0.1) is 5.33 Å². The van der Waals surface area contributed by atoms with Gasteiger partial charge in [0.2, 0.25) is 0 Å². The van der Waals surface area contributed by atoms with E-state index in [-0.39, 0.29) is 5.54 Å². The van der Waals surface area contributed by atoms with Crippen LogP contribution in [0.4, 0.5) is 0 Å². The summed E-state index contributed by atoms with van der Waals surface area (Å²) in [5, 5.41) is 9.20. The molecule has 0 bridgehead atoms. The van der Waals surface area contributed by atoms with Crippen LogP contribution in [0.3, 0.4) is 0 Å². The molecule has 0 saturated heterocycles. The van der Waals surface area contributed by atoms with Crippen LogP contribution in [-0.2, 0) is 22.0 Å². The number of halogens is 1. The maximum absolute atomic E-state index is 5.06. The van der Waals surface area contributed by atoms with Crippen molar-refractivity contribution in [3.63, 3.8) is 0 Å². The van der Waals surface area contributed by atoms with Gasteiger partial charge in [0.1, 0.15) is 11.6 Å². The van der Waals surface area contributed by atoms with Gasteiger partial charge in [-0.15, -0.1) is 10.2 Å². The van der Waals surface area contributed by atoms with Gasteiger partial charge < -0.3 is 9.30 Å². The predicted octanol–water partition coefficient (Wildman–Crippen LogP) is 2.51. The highest BCUT2D eigenvalue weighted by Gasteiger charge is 2.21. The molecule has 92 valence electrons. The van der Waals surface area contributed by atoms with E-state index in [0.717, 1.165) is 36.4 Å². The standard InChI is InChI=1S/C11H20BrN3O/c1-11(2,3)15-9(6-5-7-16-4)13-14-10(15)8-12/h5-8H2,1-4H3. The molecule has 0 aromatic carbocycles. The molecule has 16 heavy (non-hydrogen) atoms. The summed E-state index contributed by atoms with van der Waals surface area (Å²) in [6.07, 6.45) is 1.89. The van der Waals surface area contributed by atoms with Crippen LogP contribution in [0.5, 0.6) is 0 Å². The minimum Gasteiger partial charge on any atom is -0.385 e. The minimum absolute atomic E-state index is 0.0228. The zero-order valence-electron chi connectivity index (χ0n) is 10.5. The second-order valence-corrected chi connectivity index (χ2v) is 5.33. The van der Waals surface area contributed by atoms with Crippen molar-refractivity contribution in [3.05, 3.63) is 11.6 Å². The Morgan fingerprint density at radius 2 is 1.88 bits per heavy atom. The average Bonchev–Trinajstić information content (AvgIpc) is 2.61. The molecule has 0 aliphatic carbocycles. The molecule has 1 aromatic heterocycles. The molecule has 0 saturated carbocycles. The predicted molar refractivity (Wildman–Crippen MR) is 67.8 cm³/mol. The van der Waals surface area contributed by atoms with Crippen molar-refractivity contribution in [2.45, 2.75) is 44.5 Å². The molecule has 0 unspecified atom stereocenters. The van der Waals surface area contributed by atoms with E-state index in [4.69, 9.17) is 4.74 Å². The van der Waals surface area contributed by atoms with Crippen molar-refractivity contribution >= 4 is 15.9 Å². The first-order valence-corrected chi connectivity index (χ1v) is 6.61. The third kappa shape index (κ3) is 3.28. The molecule has 0 aliphatic heterocycles. The van der Waals surface area contributed by atoms with Crippen LogP contribution in [0.15, 0.2) is 0 Å². The Labute approximate surface area is 106 Å². The molecular weight excluding hydrogens is 270 g/mol. The summed E-state index contributed by atoms with van der Waals surface area (Å²) in [6, 6.07) is 0. The number of rotatable bonds is 5. The molecule has 1 rings (SSSR count). The quantitative estimate of drug-likeness (QED) is 0.618. The molecule has 4 nitrogen and oxygen atoms in total. The molecule has 1 aromatic rings. The van der Waals surface area contributed by atoms with Crippen LogP contribution >= 0.6 is 15.9 Å². The van der Waals surface area contributed by atoms with Gasteiger partial charge >= 0.3 is 0 Å². The highest BCUT2D eigenvalue weighted by atomic mass is 79.9. The van der Waals surface area contributed by atoms with Crippen LogP contribution in [0.1, 0.15) is 38.8 Å². The highest BCUT2D eigenvalue weighted by molar-refractivity contribution is 9.08. The van der Waals surface area contributed by atoms with Crippen LogP contribution in [0.2, 0.25) is 0 Å². The minimum atomic E-state index is 0.0228. The molecule has 0 aliphatic rings.